The normalized spacial score (nSPS) is 10.7. The zero-order valence-corrected chi connectivity index (χ0v) is 11.2. The maximum absolute atomic E-state index is 13.4. The SMILES string of the molecule is Fc1cc(F)c(Nc2nnc(CCCl)o2)cc1Br. The van der Waals surface area contributed by atoms with Crippen molar-refractivity contribution in [1.29, 1.82) is 0 Å². The molecule has 1 aromatic heterocycles. The Morgan fingerprint density at radius 3 is 2.78 bits per heavy atom. The van der Waals surface area contributed by atoms with Gasteiger partial charge in [-0.3, -0.25) is 0 Å². The van der Waals surface area contributed by atoms with Gasteiger partial charge >= 0.3 is 6.01 Å². The van der Waals surface area contributed by atoms with Crippen LogP contribution in [0.5, 0.6) is 0 Å². The number of alkyl halides is 1. The Morgan fingerprint density at radius 2 is 2.06 bits per heavy atom. The predicted molar refractivity (Wildman–Crippen MR) is 66.1 cm³/mol. The van der Waals surface area contributed by atoms with E-state index in [9.17, 15) is 8.78 Å². The van der Waals surface area contributed by atoms with E-state index in [1.54, 1.807) is 0 Å². The van der Waals surface area contributed by atoms with Crippen molar-refractivity contribution >= 4 is 39.2 Å². The van der Waals surface area contributed by atoms with Crippen LogP contribution in [0.1, 0.15) is 5.89 Å². The second-order valence-electron chi connectivity index (χ2n) is 3.31. The minimum Gasteiger partial charge on any atom is -0.408 e. The van der Waals surface area contributed by atoms with E-state index >= 15 is 0 Å². The molecule has 0 spiro atoms. The summed E-state index contributed by atoms with van der Waals surface area (Å²) in [6.07, 6.45) is 0.422. The topological polar surface area (TPSA) is 51.0 Å². The van der Waals surface area contributed by atoms with E-state index < -0.39 is 11.6 Å². The molecular weight excluding hydrogens is 331 g/mol. The summed E-state index contributed by atoms with van der Waals surface area (Å²) in [5.74, 6) is -0.758. The molecule has 0 saturated heterocycles. The lowest BCUT2D eigenvalue weighted by Gasteiger charge is -2.04. The number of hydrogen-bond acceptors (Lipinski definition) is 4. The van der Waals surface area contributed by atoms with Crippen LogP contribution >= 0.6 is 27.5 Å². The number of halogens is 4. The highest BCUT2D eigenvalue weighted by Crippen LogP contribution is 2.26. The average molecular weight is 339 g/mol. The number of anilines is 2. The van der Waals surface area contributed by atoms with E-state index in [-0.39, 0.29) is 16.2 Å². The highest BCUT2D eigenvalue weighted by atomic mass is 79.9. The molecule has 0 fully saturated rings. The summed E-state index contributed by atoms with van der Waals surface area (Å²) in [6, 6.07) is 2.02. The number of aryl methyl sites for hydroxylation is 1. The Balaban J connectivity index is 2.20. The summed E-state index contributed by atoms with van der Waals surface area (Å²) in [5.41, 5.74) is 0.0318. The molecule has 0 aliphatic heterocycles. The Kier molecular flexibility index (Phi) is 4.13. The van der Waals surface area contributed by atoms with Crippen LogP contribution in [0.3, 0.4) is 0 Å². The molecule has 0 amide bonds. The Morgan fingerprint density at radius 1 is 1.28 bits per heavy atom. The highest BCUT2D eigenvalue weighted by molar-refractivity contribution is 9.10. The molecule has 18 heavy (non-hydrogen) atoms. The van der Waals surface area contributed by atoms with Crippen molar-refractivity contribution in [3.8, 4) is 0 Å². The van der Waals surface area contributed by atoms with Crippen molar-refractivity contribution < 1.29 is 13.2 Å². The Labute approximate surface area is 114 Å². The lowest BCUT2D eigenvalue weighted by molar-refractivity contribution is 0.515. The van der Waals surface area contributed by atoms with E-state index in [1.165, 1.54) is 6.07 Å². The molecule has 1 heterocycles. The Hall–Kier alpha value is -1.21. The van der Waals surface area contributed by atoms with Gasteiger partial charge in [0, 0.05) is 18.4 Å². The highest BCUT2D eigenvalue weighted by Gasteiger charge is 2.11. The predicted octanol–water partition coefficient (Wildman–Crippen LogP) is 3.64. The third-order valence-electron chi connectivity index (χ3n) is 2.03. The molecule has 0 bridgehead atoms. The standard InChI is InChI=1S/C10H7BrClF2N3O/c11-5-3-8(7(14)4-6(5)13)15-10-17-16-9(18-10)1-2-12/h3-4H,1-2H2,(H,15,17). The third-order valence-corrected chi connectivity index (χ3v) is 2.82. The van der Waals surface area contributed by atoms with E-state index in [2.05, 4.69) is 31.4 Å². The van der Waals surface area contributed by atoms with Gasteiger partial charge in [-0.05, 0) is 22.0 Å². The fraction of sp³-hybridized carbons (Fsp3) is 0.200. The van der Waals surface area contributed by atoms with Crippen LogP contribution < -0.4 is 5.32 Å². The lowest BCUT2D eigenvalue weighted by Crippen LogP contribution is -1.95. The fourth-order valence-electron chi connectivity index (χ4n) is 1.22. The maximum atomic E-state index is 13.4. The summed E-state index contributed by atoms with van der Waals surface area (Å²) >= 11 is 8.47. The van der Waals surface area contributed by atoms with Gasteiger partial charge in [-0.2, -0.15) is 0 Å². The number of nitrogens with zero attached hydrogens (tertiary/aromatic N) is 2. The van der Waals surface area contributed by atoms with Crippen molar-refractivity contribution in [2.24, 2.45) is 0 Å². The van der Waals surface area contributed by atoms with E-state index in [1.807, 2.05) is 0 Å². The largest absolute Gasteiger partial charge is 0.408 e. The molecule has 2 aromatic rings. The minimum atomic E-state index is -0.757. The quantitative estimate of drug-likeness (QED) is 0.683. The van der Waals surface area contributed by atoms with E-state index in [4.69, 9.17) is 16.0 Å². The first-order valence-corrected chi connectivity index (χ1v) is 6.23. The first-order chi connectivity index (χ1) is 8.60. The molecular formula is C10H7BrClF2N3O. The molecule has 2 rings (SSSR count). The smallest absolute Gasteiger partial charge is 0.320 e. The zero-order chi connectivity index (χ0) is 13.1. The van der Waals surface area contributed by atoms with Crippen LogP contribution in [0.15, 0.2) is 21.0 Å². The molecule has 0 unspecified atom stereocenters. The van der Waals surface area contributed by atoms with Crippen LogP contribution in [-0.2, 0) is 6.42 Å². The van der Waals surface area contributed by atoms with Gasteiger partial charge < -0.3 is 9.73 Å². The van der Waals surface area contributed by atoms with Crippen LogP contribution in [0.25, 0.3) is 0 Å². The summed E-state index contributed by atoms with van der Waals surface area (Å²) in [4.78, 5) is 0. The second-order valence-corrected chi connectivity index (χ2v) is 4.54. The molecule has 1 N–H and O–H groups in total. The van der Waals surface area contributed by atoms with Gasteiger partial charge in [0.1, 0.15) is 11.6 Å². The summed E-state index contributed by atoms with van der Waals surface area (Å²) < 4.78 is 31.7. The van der Waals surface area contributed by atoms with Gasteiger partial charge in [0.2, 0.25) is 5.89 Å². The van der Waals surface area contributed by atoms with Crippen LogP contribution in [0.4, 0.5) is 20.5 Å². The molecule has 0 radical (unpaired) electrons. The Bertz CT molecular complexity index is 564. The van der Waals surface area contributed by atoms with E-state index in [0.29, 0.717) is 18.2 Å². The van der Waals surface area contributed by atoms with E-state index in [0.717, 1.165) is 6.07 Å². The first kappa shape index (κ1) is 13.2. The first-order valence-electron chi connectivity index (χ1n) is 4.90. The molecule has 0 atom stereocenters. The fourth-order valence-corrected chi connectivity index (χ4v) is 1.72. The number of hydrogen-bond donors (Lipinski definition) is 1. The molecule has 0 aliphatic carbocycles. The summed E-state index contributed by atoms with van der Waals surface area (Å²) in [5, 5.41) is 9.93. The van der Waals surface area contributed by atoms with Gasteiger partial charge in [0.25, 0.3) is 0 Å². The molecule has 0 saturated carbocycles. The molecule has 8 heteroatoms. The molecule has 0 aliphatic rings. The average Bonchev–Trinajstić information content (AvgIpc) is 2.74. The van der Waals surface area contributed by atoms with Crippen molar-refractivity contribution in [3.63, 3.8) is 0 Å². The van der Waals surface area contributed by atoms with Crippen LogP contribution in [0.2, 0.25) is 0 Å². The second kappa shape index (κ2) is 5.62. The maximum Gasteiger partial charge on any atom is 0.320 e. The van der Waals surface area contributed by atoms with Gasteiger partial charge in [-0.25, -0.2) is 8.78 Å². The number of nitrogens with one attached hydrogen (secondary N) is 1. The van der Waals surface area contributed by atoms with Gasteiger partial charge in [0.05, 0.1) is 10.2 Å². The van der Waals surface area contributed by atoms with Gasteiger partial charge in [-0.1, -0.05) is 5.10 Å². The lowest BCUT2D eigenvalue weighted by atomic mass is 10.3. The summed E-state index contributed by atoms with van der Waals surface area (Å²) in [6.45, 7) is 0. The molecule has 96 valence electrons. The van der Waals surface area contributed by atoms with Gasteiger partial charge in [0.15, 0.2) is 0 Å². The third kappa shape index (κ3) is 2.97. The van der Waals surface area contributed by atoms with Crippen LogP contribution in [0, 0.1) is 11.6 Å². The van der Waals surface area contributed by atoms with Crippen LogP contribution in [-0.4, -0.2) is 16.1 Å². The molecule has 1 aromatic carbocycles. The number of rotatable bonds is 4. The zero-order valence-electron chi connectivity index (χ0n) is 8.88. The number of aromatic nitrogens is 2. The van der Waals surface area contributed by atoms with Crippen molar-refractivity contribution in [3.05, 3.63) is 34.1 Å². The monoisotopic (exact) mass is 337 g/mol. The molecule has 4 nitrogen and oxygen atoms in total. The minimum absolute atomic E-state index is 0.0209. The van der Waals surface area contributed by atoms with Crippen molar-refractivity contribution in [2.45, 2.75) is 6.42 Å². The summed E-state index contributed by atoms with van der Waals surface area (Å²) in [7, 11) is 0. The van der Waals surface area contributed by atoms with Gasteiger partial charge in [-0.15, -0.1) is 16.7 Å². The number of benzene rings is 1. The van der Waals surface area contributed by atoms with Crippen molar-refractivity contribution in [1.82, 2.24) is 10.2 Å². The van der Waals surface area contributed by atoms with Crippen molar-refractivity contribution in [2.75, 3.05) is 11.2 Å².